The summed E-state index contributed by atoms with van der Waals surface area (Å²) < 4.78 is 5.23. The fourth-order valence-corrected chi connectivity index (χ4v) is 6.77. The molecule has 3 atom stereocenters. The fourth-order valence-electron chi connectivity index (χ4n) is 6.46. The van der Waals surface area contributed by atoms with Crippen molar-refractivity contribution in [1.82, 2.24) is 10.2 Å². The molecule has 0 heterocycles. The van der Waals surface area contributed by atoms with Crippen molar-refractivity contribution in [2.75, 3.05) is 34.8 Å². The molecule has 0 saturated heterocycles. The van der Waals surface area contributed by atoms with Crippen molar-refractivity contribution in [3.05, 3.63) is 99.0 Å². The highest BCUT2D eigenvalue weighted by Crippen LogP contribution is 2.42. The zero-order valence-corrected chi connectivity index (χ0v) is 27.0. The number of fused-ring (bicyclic) bond motifs is 1. The van der Waals surface area contributed by atoms with Crippen LogP contribution in [0, 0.1) is 0 Å². The summed E-state index contributed by atoms with van der Waals surface area (Å²) >= 11 is 12.2. The Kier molecular flexibility index (Phi) is 12.8. The topological polar surface area (TPSA) is 44.7 Å². The molecular weight excluding hydrogens is 575 g/mol. The van der Waals surface area contributed by atoms with E-state index in [0.717, 1.165) is 50.8 Å². The molecule has 3 aromatic rings. The summed E-state index contributed by atoms with van der Waals surface area (Å²) in [5, 5.41) is 15.8. The lowest BCUT2D eigenvalue weighted by atomic mass is 9.72. The van der Waals surface area contributed by atoms with Crippen molar-refractivity contribution in [3.63, 3.8) is 0 Å². The van der Waals surface area contributed by atoms with E-state index in [1.165, 1.54) is 28.7 Å². The number of hydrogen-bond acceptors (Lipinski definition) is 4. The third-order valence-corrected chi connectivity index (χ3v) is 9.36. The normalized spacial score (nSPS) is 20.2. The predicted octanol–water partition coefficient (Wildman–Crippen LogP) is 8.64. The first-order valence-corrected chi connectivity index (χ1v) is 15.2. The number of likely N-dealkylation sites (N-methyl/N-ethyl adjacent to an activating group) is 1. The second-order valence-corrected chi connectivity index (χ2v) is 12.3. The Hall–Kier alpha value is -1.79. The highest BCUT2D eigenvalue weighted by molar-refractivity contribution is 6.42. The number of aliphatic hydroxyl groups is 1. The maximum Gasteiger partial charge on any atom is 0.118 e. The Labute approximate surface area is 262 Å². The average Bonchev–Trinajstić information content (AvgIpc) is 2.97. The number of nitrogens with zero attached hydrogens (tertiary/aromatic N) is 1. The maximum atomic E-state index is 11.1. The van der Waals surface area contributed by atoms with Gasteiger partial charge in [0, 0.05) is 24.4 Å². The van der Waals surface area contributed by atoms with Gasteiger partial charge in [0.25, 0.3) is 0 Å². The quantitative estimate of drug-likeness (QED) is 0.278. The number of nitrogens with one attached hydrogen (secondary N) is 1. The summed E-state index contributed by atoms with van der Waals surface area (Å²) in [6.45, 7) is 0.878. The van der Waals surface area contributed by atoms with Crippen LogP contribution in [-0.2, 0) is 0 Å². The van der Waals surface area contributed by atoms with Crippen LogP contribution < -0.4 is 10.1 Å². The molecule has 2 aliphatic carbocycles. The predicted molar refractivity (Wildman–Crippen MR) is 175 cm³/mol. The Balaban J connectivity index is 0.000000220. The molecule has 0 aliphatic heterocycles. The van der Waals surface area contributed by atoms with Gasteiger partial charge in [-0.2, -0.15) is 0 Å². The van der Waals surface area contributed by atoms with Crippen LogP contribution in [0.3, 0.4) is 0 Å². The molecule has 0 spiro atoms. The molecule has 1 unspecified atom stereocenters. The number of benzene rings is 3. The lowest BCUT2D eigenvalue weighted by Gasteiger charge is -2.40. The van der Waals surface area contributed by atoms with Gasteiger partial charge in [-0.15, -0.1) is 12.4 Å². The van der Waals surface area contributed by atoms with Crippen LogP contribution in [0.4, 0.5) is 0 Å². The number of methoxy groups -OCH3 is 1. The zero-order chi connectivity index (χ0) is 28.7. The highest BCUT2D eigenvalue weighted by atomic mass is 35.5. The summed E-state index contributed by atoms with van der Waals surface area (Å²) in [4.78, 5) is 2.17. The monoisotopic (exact) mass is 618 g/mol. The van der Waals surface area contributed by atoms with Crippen molar-refractivity contribution in [2.45, 2.75) is 68.4 Å². The summed E-state index contributed by atoms with van der Waals surface area (Å²) in [5.41, 5.74) is 4.70. The second kappa shape index (κ2) is 15.6. The van der Waals surface area contributed by atoms with Crippen LogP contribution >= 0.6 is 35.6 Å². The zero-order valence-electron chi connectivity index (χ0n) is 24.7. The van der Waals surface area contributed by atoms with E-state index in [4.69, 9.17) is 27.9 Å². The van der Waals surface area contributed by atoms with E-state index in [1.807, 2.05) is 31.3 Å². The summed E-state index contributed by atoms with van der Waals surface area (Å²) in [7, 11) is 7.85. The SMILES string of the molecule is CN[C@H]1CC[C@@H](c2ccc(Cl)c(Cl)c2)c2ccccc21.COc1ccc(C(CN(C)C)C2(O)CCCCC2)cc1.Cl. The lowest BCUT2D eigenvalue weighted by molar-refractivity contribution is -0.0277. The molecule has 0 radical (unpaired) electrons. The van der Waals surface area contributed by atoms with Crippen LogP contribution in [0.1, 0.15) is 85.1 Å². The minimum Gasteiger partial charge on any atom is -0.497 e. The largest absolute Gasteiger partial charge is 0.497 e. The van der Waals surface area contributed by atoms with Gasteiger partial charge in [0.15, 0.2) is 0 Å². The molecule has 41 heavy (non-hydrogen) atoms. The van der Waals surface area contributed by atoms with Gasteiger partial charge < -0.3 is 20.1 Å². The molecule has 3 aromatic carbocycles. The van der Waals surface area contributed by atoms with Crippen LogP contribution in [0.25, 0.3) is 0 Å². The van der Waals surface area contributed by atoms with Gasteiger partial charge >= 0.3 is 0 Å². The van der Waals surface area contributed by atoms with Gasteiger partial charge in [0.2, 0.25) is 0 Å². The molecule has 1 saturated carbocycles. The minimum absolute atomic E-state index is 0. The van der Waals surface area contributed by atoms with Crippen LogP contribution in [-0.4, -0.2) is 50.4 Å². The third kappa shape index (κ3) is 8.40. The molecule has 4 nitrogen and oxygen atoms in total. The Bertz CT molecular complexity index is 1230. The number of rotatable bonds is 7. The van der Waals surface area contributed by atoms with Crippen molar-refractivity contribution in [1.29, 1.82) is 0 Å². The van der Waals surface area contributed by atoms with E-state index in [1.54, 1.807) is 7.11 Å². The molecule has 0 bridgehead atoms. The smallest absolute Gasteiger partial charge is 0.118 e. The highest BCUT2D eigenvalue weighted by Gasteiger charge is 2.38. The van der Waals surface area contributed by atoms with Gasteiger partial charge in [-0.3, -0.25) is 0 Å². The molecule has 0 amide bonds. The maximum absolute atomic E-state index is 11.1. The molecule has 224 valence electrons. The first-order chi connectivity index (χ1) is 19.3. The first-order valence-electron chi connectivity index (χ1n) is 14.5. The van der Waals surface area contributed by atoms with E-state index < -0.39 is 5.60 Å². The Morgan fingerprint density at radius 1 is 0.927 bits per heavy atom. The standard InChI is InChI=1S/C17H17Cl2N.C17H27NO2.ClH/c1-20-17-9-7-12(13-4-2-3-5-14(13)17)11-6-8-15(18)16(19)10-11;1-18(2)13-16(17(19)11-5-4-6-12-17)14-7-9-15(20-3)10-8-14;/h2-6,8,10,12,17,20H,7,9H2,1H3;7-10,16,19H,4-6,11-13H2,1-3H3;1H/t12-,17-;;/m0../s1. The van der Waals surface area contributed by atoms with Gasteiger partial charge in [0.05, 0.1) is 22.8 Å². The molecule has 5 rings (SSSR count). The Morgan fingerprint density at radius 3 is 2.17 bits per heavy atom. The van der Waals surface area contributed by atoms with Crippen LogP contribution in [0.15, 0.2) is 66.7 Å². The molecule has 7 heteroatoms. The molecule has 0 aromatic heterocycles. The van der Waals surface area contributed by atoms with Crippen molar-refractivity contribution in [2.24, 2.45) is 0 Å². The van der Waals surface area contributed by atoms with Gasteiger partial charge in [0.1, 0.15) is 5.75 Å². The van der Waals surface area contributed by atoms with E-state index in [0.29, 0.717) is 22.0 Å². The second-order valence-electron chi connectivity index (χ2n) is 11.5. The van der Waals surface area contributed by atoms with Crippen molar-refractivity contribution < 1.29 is 9.84 Å². The van der Waals surface area contributed by atoms with Gasteiger partial charge in [-0.1, -0.05) is 84.9 Å². The summed E-state index contributed by atoms with van der Waals surface area (Å²) in [6, 6.07) is 23.3. The van der Waals surface area contributed by atoms with E-state index in [-0.39, 0.29) is 18.3 Å². The van der Waals surface area contributed by atoms with Crippen LogP contribution in [0.5, 0.6) is 5.75 Å². The number of hydrogen-bond donors (Lipinski definition) is 2. The van der Waals surface area contributed by atoms with Gasteiger partial charge in [-0.25, -0.2) is 0 Å². The van der Waals surface area contributed by atoms with Crippen molar-refractivity contribution in [3.8, 4) is 5.75 Å². The summed E-state index contributed by atoms with van der Waals surface area (Å²) in [6.07, 6.45) is 7.61. The van der Waals surface area contributed by atoms with Crippen LogP contribution in [0.2, 0.25) is 10.0 Å². The molecule has 2 N–H and O–H groups in total. The third-order valence-electron chi connectivity index (χ3n) is 8.62. The van der Waals surface area contributed by atoms with E-state index >= 15 is 0 Å². The fraction of sp³-hybridized carbons (Fsp3) is 0.471. The van der Waals surface area contributed by atoms with Gasteiger partial charge in [-0.05, 0) is 93.3 Å². The molecule has 2 aliphatic rings. The average molecular weight is 620 g/mol. The van der Waals surface area contributed by atoms with E-state index in [2.05, 4.69) is 66.8 Å². The molecule has 1 fully saturated rings. The lowest BCUT2D eigenvalue weighted by Crippen LogP contribution is -2.42. The number of ether oxygens (including phenoxy) is 1. The Morgan fingerprint density at radius 2 is 1.59 bits per heavy atom. The van der Waals surface area contributed by atoms with Crippen molar-refractivity contribution >= 4 is 35.6 Å². The molecular formula is C34H45Cl3N2O2. The summed E-state index contributed by atoms with van der Waals surface area (Å²) in [5.74, 6) is 1.45. The minimum atomic E-state index is -0.558. The number of halogens is 3. The van der Waals surface area contributed by atoms with E-state index in [9.17, 15) is 5.11 Å². The first kappa shape index (κ1) is 33.7.